The number of hydrogen-bond donors (Lipinski definition) is 4. The quantitative estimate of drug-likeness (QED) is 0.0701. The van der Waals surface area contributed by atoms with Gasteiger partial charge in [-0.1, -0.05) is 88.3 Å². The fourth-order valence-corrected chi connectivity index (χ4v) is 9.30. The van der Waals surface area contributed by atoms with Crippen molar-refractivity contribution in [3.63, 3.8) is 0 Å². The van der Waals surface area contributed by atoms with Gasteiger partial charge in [-0.05, 0) is 35.8 Å². The Bertz CT molecular complexity index is 1950. The zero-order valence-electron chi connectivity index (χ0n) is 37.3. The van der Waals surface area contributed by atoms with Crippen molar-refractivity contribution in [2.24, 2.45) is 35.5 Å². The van der Waals surface area contributed by atoms with Gasteiger partial charge in [-0.3, -0.25) is 34.6 Å². The molecular weight excluding hydrogens is 956 g/mol. The van der Waals surface area contributed by atoms with Crippen LogP contribution in [-0.2, 0) is 33.3 Å². The van der Waals surface area contributed by atoms with Crippen LogP contribution in [0.4, 0.5) is 11.4 Å². The molecule has 3 aliphatic rings. The monoisotopic (exact) mass is 1010 g/mol. The number of carbonyl (C=O) groups is 3. The molecule has 0 radical (unpaired) electrons. The Kier molecular flexibility index (Phi) is 22.5. The number of aliphatic hydroxyl groups is 3. The fraction of sp³-hybridized carbons (Fsp3) is 0.643. The first-order chi connectivity index (χ1) is 30.4. The van der Waals surface area contributed by atoms with Crippen molar-refractivity contribution in [2.45, 2.75) is 118 Å². The minimum Gasteiger partial charge on any atom is -0.463 e. The van der Waals surface area contributed by atoms with Crippen LogP contribution in [0.3, 0.4) is 0 Å². The van der Waals surface area contributed by atoms with Crippen LogP contribution < -0.4 is 9.47 Å². The van der Waals surface area contributed by atoms with Gasteiger partial charge in [-0.25, -0.2) is 0 Å². The van der Waals surface area contributed by atoms with Gasteiger partial charge in [-0.2, -0.15) is 12.6 Å². The SMILES string of the molecule is CC(=O)OC1OC(CSC(C)=O)[C@@H](C)[C@H](C)C1C.CC(=O)SCC1O[C@@H](Oc2ccc([N+](=O)[O-])cc2Cl)C(C)[C@@H](C)[C@@H]1C.O=[N+]([O-])c1ccc(O[C@@H]2OC(CS)[C@@H](O)[C@H](O)C2O)c(Cl)c1. The molecule has 18 nitrogen and oxygen atoms in total. The van der Waals surface area contributed by atoms with Crippen molar-refractivity contribution in [3.05, 3.63) is 66.7 Å². The number of halogens is 2. The minimum atomic E-state index is -1.52. The van der Waals surface area contributed by atoms with E-state index in [0.717, 1.165) is 6.07 Å². The normalized spacial score (nSPS) is 32.0. The molecule has 23 heteroatoms. The summed E-state index contributed by atoms with van der Waals surface area (Å²) in [6.07, 6.45) is -7.62. The number of nitro groups is 2. The Morgan fingerprint density at radius 3 is 1.42 bits per heavy atom. The van der Waals surface area contributed by atoms with Gasteiger partial charge in [0.2, 0.25) is 18.9 Å². The van der Waals surface area contributed by atoms with Crippen molar-refractivity contribution >= 4 is 86.9 Å². The van der Waals surface area contributed by atoms with Crippen LogP contribution in [0.15, 0.2) is 36.4 Å². The molecule has 2 aromatic carbocycles. The van der Waals surface area contributed by atoms with E-state index < -0.39 is 53.1 Å². The first-order valence-corrected chi connectivity index (χ1v) is 24.0. The molecule has 3 heterocycles. The number of rotatable bonds is 12. The largest absolute Gasteiger partial charge is 0.463 e. The Labute approximate surface area is 401 Å². The van der Waals surface area contributed by atoms with E-state index in [1.807, 2.05) is 13.8 Å². The summed E-state index contributed by atoms with van der Waals surface area (Å²) in [7, 11) is 0. The van der Waals surface area contributed by atoms with E-state index >= 15 is 0 Å². The maximum Gasteiger partial charge on any atom is 0.304 e. The molecule has 5 rings (SSSR count). The number of thiol groups is 1. The maximum absolute atomic E-state index is 11.2. The van der Waals surface area contributed by atoms with Gasteiger partial charge >= 0.3 is 5.97 Å². The fourth-order valence-electron chi connectivity index (χ4n) is 7.00. The third-order valence-corrected chi connectivity index (χ3v) is 14.5. The molecule has 0 aromatic heterocycles. The van der Waals surface area contributed by atoms with Crippen molar-refractivity contribution < 1.29 is 68.0 Å². The van der Waals surface area contributed by atoms with E-state index in [9.17, 15) is 49.9 Å². The number of carbonyl (C=O) groups excluding carboxylic acids is 3. The molecular formula is C42H58Cl2N2O16S3. The zero-order valence-corrected chi connectivity index (χ0v) is 41.3. The lowest BCUT2D eigenvalue weighted by Crippen LogP contribution is -2.59. The van der Waals surface area contributed by atoms with Crippen LogP contribution >= 0.6 is 59.4 Å². The van der Waals surface area contributed by atoms with Gasteiger partial charge in [-0.15, -0.1) is 0 Å². The van der Waals surface area contributed by atoms with Crippen molar-refractivity contribution in [1.82, 2.24) is 0 Å². The standard InChI is InChI=1S/C17H22ClNO5S.C13H22O4S.C12H14ClNO7S/c1-9-10(2)16(8-25-12(4)20)24-17(11(9)3)23-15-6-5-13(19(21)22)7-14(15)18;1-7-8(2)12(6-18-11(5)15)17-13(9(7)3)16-10(4)14;13-6-3-5(14(18)19)1-2-7(6)20-12-11(17)10(16)9(15)8(4-22)21-12/h5-7,9-11,16-17H,8H2,1-4H3;7-9,12-13H,6H2,1-5H3;1-3,8-12,15-17,22H,4H2/t9-,10-,11?,16?,17+;7-,8-,9?,12?,13?;8?,9-,10+,11?,12-/m001/s1. The molecule has 0 saturated carbocycles. The number of aliphatic hydroxyl groups excluding tert-OH is 3. The van der Waals surface area contributed by atoms with E-state index in [-0.39, 0.29) is 79.1 Å². The molecule has 0 amide bonds. The second-order valence-corrected chi connectivity index (χ2v) is 19.7. The average molecular weight is 1010 g/mol. The molecule has 3 saturated heterocycles. The van der Waals surface area contributed by atoms with Crippen molar-refractivity contribution in [1.29, 1.82) is 0 Å². The van der Waals surface area contributed by atoms with Crippen LogP contribution in [0.25, 0.3) is 0 Å². The number of nitrogens with zero attached hydrogens (tertiary/aromatic N) is 2. The van der Waals surface area contributed by atoms with Gasteiger partial charge in [0.25, 0.3) is 11.4 Å². The van der Waals surface area contributed by atoms with Gasteiger partial charge in [0.05, 0.1) is 38.2 Å². The summed E-state index contributed by atoms with van der Waals surface area (Å²) in [5, 5.41) is 51.1. The first-order valence-electron chi connectivity index (χ1n) is 20.6. The van der Waals surface area contributed by atoms with E-state index in [1.54, 1.807) is 6.92 Å². The molecule has 15 atom stereocenters. The van der Waals surface area contributed by atoms with E-state index in [0.29, 0.717) is 35.0 Å². The third kappa shape index (κ3) is 16.1. The zero-order chi connectivity index (χ0) is 49.0. The first kappa shape index (κ1) is 56.4. The van der Waals surface area contributed by atoms with Crippen molar-refractivity contribution in [2.75, 3.05) is 17.3 Å². The summed E-state index contributed by atoms with van der Waals surface area (Å²) in [6.45, 7) is 17.1. The minimum absolute atomic E-state index is 0.0396. The molecule has 3 N–H and O–H groups in total. The molecule has 364 valence electrons. The molecule has 3 fully saturated rings. The molecule has 7 unspecified atom stereocenters. The number of hydrogen-bond acceptors (Lipinski definition) is 19. The predicted molar refractivity (Wildman–Crippen MR) is 248 cm³/mol. The highest BCUT2D eigenvalue weighted by Gasteiger charge is 2.45. The highest BCUT2D eigenvalue weighted by Crippen LogP contribution is 2.40. The van der Waals surface area contributed by atoms with Crippen molar-refractivity contribution in [3.8, 4) is 11.5 Å². The highest BCUT2D eigenvalue weighted by molar-refractivity contribution is 8.13. The molecule has 3 aliphatic heterocycles. The number of non-ortho nitro benzene ring substituents is 2. The smallest absolute Gasteiger partial charge is 0.304 e. The molecule has 2 aromatic rings. The summed E-state index contributed by atoms with van der Waals surface area (Å²) >= 11 is 18.5. The molecule has 0 bridgehead atoms. The topological polar surface area (TPSA) is 254 Å². The number of esters is 1. The summed E-state index contributed by atoms with van der Waals surface area (Å²) < 4.78 is 33.7. The average Bonchev–Trinajstić information content (AvgIpc) is 3.24. The lowest BCUT2D eigenvalue weighted by molar-refractivity contribution is -0.385. The number of nitro benzene ring substituents is 2. The van der Waals surface area contributed by atoms with E-state index in [2.05, 4.69) is 40.3 Å². The Morgan fingerprint density at radius 2 is 1.03 bits per heavy atom. The number of ether oxygens (including phenoxy) is 6. The van der Waals surface area contributed by atoms with Gasteiger partial charge in [0.1, 0.15) is 29.8 Å². The lowest BCUT2D eigenvalue weighted by Gasteiger charge is -2.43. The van der Waals surface area contributed by atoms with Crippen LogP contribution in [0.5, 0.6) is 11.5 Å². The summed E-state index contributed by atoms with van der Waals surface area (Å²) in [4.78, 5) is 53.7. The van der Waals surface area contributed by atoms with Crippen LogP contribution in [0.1, 0.15) is 62.3 Å². The van der Waals surface area contributed by atoms with Gasteiger partial charge in [0.15, 0.2) is 10.2 Å². The molecule has 0 aliphatic carbocycles. The van der Waals surface area contributed by atoms with E-state index in [1.165, 1.54) is 67.7 Å². The summed E-state index contributed by atoms with van der Waals surface area (Å²) in [6, 6.07) is 7.62. The number of benzene rings is 2. The van der Waals surface area contributed by atoms with Gasteiger partial charge in [0, 0.05) is 74.1 Å². The van der Waals surface area contributed by atoms with E-state index in [4.69, 9.17) is 51.6 Å². The second kappa shape index (κ2) is 26.0. The van der Waals surface area contributed by atoms with Gasteiger partial charge < -0.3 is 43.7 Å². The molecule has 65 heavy (non-hydrogen) atoms. The third-order valence-electron chi connectivity index (χ3n) is 11.7. The summed E-state index contributed by atoms with van der Waals surface area (Å²) in [5.74, 6) is 2.97. The number of thioether (sulfide) groups is 2. The molecule has 0 spiro atoms. The maximum atomic E-state index is 11.2. The van der Waals surface area contributed by atoms with Crippen LogP contribution in [-0.4, -0.2) is 114 Å². The van der Waals surface area contributed by atoms with Crippen LogP contribution in [0.2, 0.25) is 10.0 Å². The van der Waals surface area contributed by atoms with Crippen LogP contribution in [0, 0.1) is 55.7 Å². The second-order valence-electron chi connectivity index (χ2n) is 16.1. The summed E-state index contributed by atoms with van der Waals surface area (Å²) in [5.41, 5.74) is -0.307. The Morgan fingerprint density at radius 1 is 0.631 bits per heavy atom. The lowest BCUT2D eigenvalue weighted by atomic mass is 9.79. The highest BCUT2D eigenvalue weighted by atomic mass is 35.5. The Balaban J connectivity index is 0.000000263. The predicted octanol–water partition coefficient (Wildman–Crippen LogP) is 7.37. The Hall–Kier alpha value is -2.96.